The number of phenols is 3. The first-order chi connectivity index (χ1) is 24.1. The molecule has 19 nitrogen and oxygen atoms in total. The van der Waals surface area contributed by atoms with E-state index in [2.05, 4.69) is 0 Å². The van der Waals surface area contributed by atoms with Crippen molar-refractivity contribution in [3.63, 3.8) is 0 Å². The molecule has 19 heteroatoms. The Morgan fingerprint density at radius 1 is 0.824 bits per heavy atom. The number of aliphatic hydroxyl groups excluding tert-OH is 5. The summed E-state index contributed by atoms with van der Waals surface area (Å²) in [6, 6.07) is 5.06. The molecule has 2 aromatic carbocycles. The van der Waals surface area contributed by atoms with Crippen LogP contribution in [0.3, 0.4) is 0 Å². The Bertz CT molecular complexity index is 1600. The quantitative estimate of drug-likeness (QED) is 0.0990. The third-order valence-corrected chi connectivity index (χ3v) is 8.39. The van der Waals surface area contributed by atoms with Crippen LogP contribution in [0.15, 0.2) is 30.0 Å². The Balaban J connectivity index is 1.36. The van der Waals surface area contributed by atoms with E-state index in [0.29, 0.717) is 0 Å². The van der Waals surface area contributed by atoms with E-state index in [1.807, 2.05) is 0 Å². The van der Waals surface area contributed by atoms with Gasteiger partial charge in [0.2, 0.25) is 12.0 Å². The van der Waals surface area contributed by atoms with Gasteiger partial charge in [-0.3, -0.25) is 9.59 Å². The summed E-state index contributed by atoms with van der Waals surface area (Å²) in [5.74, 6) is -3.83. The van der Waals surface area contributed by atoms with E-state index in [9.17, 15) is 50.4 Å². The Labute approximate surface area is 288 Å². The first-order valence-electron chi connectivity index (χ1n) is 15.4. The summed E-state index contributed by atoms with van der Waals surface area (Å²) in [5.41, 5.74) is 0.320. The van der Waals surface area contributed by atoms with E-state index >= 15 is 0 Å². The number of hydrogen-bond donors (Lipinski definition) is 9. The Morgan fingerprint density at radius 2 is 1.47 bits per heavy atom. The number of esters is 1. The number of hydrogen-bond acceptors (Lipinski definition) is 18. The Kier molecular flexibility index (Phi) is 11.3. The summed E-state index contributed by atoms with van der Waals surface area (Å²) < 4.78 is 44.4. The summed E-state index contributed by atoms with van der Waals surface area (Å²) in [6.07, 6.45) is -17.4. The molecule has 11 unspecified atom stereocenters. The van der Waals surface area contributed by atoms with Gasteiger partial charge in [0, 0.05) is 17.7 Å². The molecule has 0 radical (unpaired) electrons. The normalized spacial score (nSPS) is 31.8. The lowest BCUT2D eigenvalue weighted by Gasteiger charge is -2.43. The molecular formula is C32H38O19. The minimum Gasteiger partial charge on any atom is -0.508 e. The van der Waals surface area contributed by atoms with Crippen LogP contribution in [0.25, 0.3) is 6.08 Å². The lowest BCUT2D eigenvalue weighted by atomic mass is 9.98. The topological polar surface area (TPSA) is 290 Å². The van der Waals surface area contributed by atoms with Gasteiger partial charge >= 0.3 is 11.9 Å². The van der Waals surface area contributed by atoms with Gasteiger partial charge in [-0.05, 0) is 25.1 Å². The molecule has 51 heavy (non-hydrogen) atoms. The predicted octanol–water partition coefficient (Wildman–Crippen LogP) is -1.01. The van der Waals surface area contributed by atoms with Crippen LogP contribution in [0, 0.1) is 0 Å². The van der Waals surface area contributed by atoms with Gasteiger partial charge in [-0.1, -0.05) is 0 Å². The van der Waals surface area contributed by atoms with Crippen molar-refractivity contribution in [3.8, 4) is 34.5 Å². The molecule has 0 spiro atoms. The van der Waals surface area contributed by atoms with Gasteiger partial charge in [-0.15, -0.1) is 0 Å². The zero-order valence-corrected chi connectivity index (χ0v) is 27.3. The maximum atomic E-state index is 11.8. The highest BCUT2D eigenvalue weighted by Crippen LogP contribution is 2.47. The van der Waals surface area contributed by atoms with Gasteiger partial charge in [-0.2, -0.15) is 0 Å². The Hall–Kier alpha value is -4.60. The highest BCUT2D eigenvalue weighted by Gasteiger charge is 2.49. The number of methoxy groups -OCH3 is 2. The maximum Gasteiger partial charge on any atom is 0.317 e. The van der Waals surface area contributed by atoms with Crippen molar-refractivity contribution in [2.24, 2.45) is 0 Å². The number of aliphatic hydroxyl groups is 5. The van der Waals surface area contributed by atoms with Gasteiger partial charge < -0.3 is 83.9 Å². The molecule has 9 N–H and O–H groups in total. The van der Waals surface area contributed by atoms with Crippen molar-refractivity contribution in [1.82, 2.24) is 0 Å². The number of rotatable bonds is 11. The monoisotopic (exact) mass is 726 g/mol. The molecule has 11 atom stereocenters. The number of carbonyl (C=O) groups is 2. The fraction of sp³-hybridized carbons (Fsp3) is 0.500. The number of phenolic OH excluding ortho intramolecular Hbond substituents is 3. The molecule has 2 saturated heterocycles. The largest absolute Gasteiger partial charge is 0.508 e. The number of carboxylic acid groups (broad SMARTS) is 1. The smallest absolute Gasteiger partial charge is 0.317 e. The lowest BCUT2D eigenvalue weighted by molar-refractivity contribution is -0.325. The van der Waals surface area contributed by atoms with Gasteiger partial charge in [-0.25, -0.2) is 0 Å². The zero-order chi connectivity index (χ0) is 37.3. The van der Waals surface area contributed by atoms with E-state index in [4.69, 9.17) is 43.0 Å². The standard InChI is InChI=1S/C32H38O19/c1-11-29(51-22(37)9-21(35)36)26(41)28(43)31(47-11)46-10-20-24(39)25(40)27(42)32(50-20)49-19-8-14-15(34)6-13(33)7-16(14)48-30(19)12-4-17(44-2)23(38)18(5-12)45-3/h4-8,11,20,24-34,38-43H,9-10H2,1-3H3,(H,35,36). The summed E-state index contributed by atoms with van der Waals surface area (Å²) in [4.78, 5) is 22.6. The highest BCUT2D eigenvalue weighted by atomic mass is 16.7. The van der Waals surface area contributed by atoms with Crippen LogP contribution in [-0.4, -0.2) is 140 Å². The molecule has 2 aromatic rings. The predicted molar refractivity (Wildman–Crippen MR) is 165 cm³/mol. The maximum absolute atomic E-state index is 11.8. The molecule has 0 bridgehead atoms. The molecule has 280 valence electrons. The second-order valence-electron chi connectivity index (χ2n) is 11.9. The van der Waals surface area contributed by atoms with Gasteiger partial charge in [0.25, 0.3) is 0 Å². The van der Waals surface area contributed by atoms with E-state index in [0.717, 1.165) is 6.07 Å². The molecule has 3 heterocycles. The molecule has 2 fully saturated rings. The van der Waals surface area contributed by atoms with Gasteiger partial charge in [0.05, 0.1) is 32.5 Å². The van der Waals surface area contributed by atoms with Crippen LogP contribution >= 0.6 is 0 Å². The SMILES string of the molecule is COc1cc(C2Oc3cc(O)cc(O)c3C=C2OC2OC(COC3OC(C)C(OC(=O)CC(=O)O)C(O)C3O)C(O)C(O)C2O)cc(OC)c1O. The number of aliphatic carboxylic acids is 1. The summed E-state index contributed by atoms with van der Waals surface area (Å²) in [6.45, 7) is 0.747. The second-order valence-corrected chi connectivity index (χ2v) is 11.9. The van der Waals surface area contributed by atoms with Gasteiger partial charge in [0.1, 0.15) is 66.1 Å². The molecule has 0 saturated carbocycles. The lowest BCUT2D eigenvalue weighted by Crippen LogP contribution is -2.61. The van der Waals surface area contributed by atoms with E-state index in [-0.39, 0.29) is 45.6 Å². The van der Waals surface area contributed by atoms with E-state index in [1.165, 1.54) is 45.4 Å². The average Bonchev–Trinajstić information content (AvgIpc) is 3.08. The zero-order valence-electron chi connectivity index (χ0n) is 27.3. The number of carbonyl (C=O) groups excluding carboxylic acids is 1. The number of carboxylic acids is 1. The van der Waals surface area contributed by atoms with Crippen molar-refractivity contribution in [1.29, 1.82) is 0 Å². The van der Waals surface area contributed by atoms with Crippen LogP contribution in [0.1, 0.15) is 30.6 Å². The number of aromatic hydroxyl groups is 3. The van der Waals surface area contributed by atoms with Crippen molar-refractivity contribution in [2.75, 3.05) is 20.8 Å². The Morgan fingerprint density at radius 3 is 2.10 bits per heavy atom. The summed E-state index contributed by atoms with van der Waals surface area (Å²) in [5, 5.41) is 93.4. The van der Waals surface area contributed by atoms with Crippen LogP contribution in [-0.2, 0) is 33.3 Å². The minimum absolute atomic E-state index is 0.0159. The fourth-order valence-corrected chi connectivity index (χ4v) is 5.73. The van der Waals surface area contributed by atoms with E-state index < -0.39 is 98.2 Å². The van der Waals surface area contributed by atoms with Gasteiger partial charge in [0.15, 0.2) is 30.0 Å². The van der Waals surface area contributed by atoms with Crippen LogP contribution < -0.4 is 14.2 Å². The first-order valence-corrected chi connectivity index (χ1v) is 15.4. The fourth-order valence-electron chi connectivity index (χ4n) is 5.73. The number of fused-ring (bicyclic) bond motifs is 1. The molecule has 3 aliphatic heterocycles. The number of ether oxygens (including phenoxy) is 8. The van der Waals surface area contributed by atoms with Crippen molar-refractivity contribution >= 4 is 18.0 Å². The number of benzene rings is 2. The molecule has 0 amide bonds. The molecule has 3 aliphatic rings. The third kappa shape index (κ3) is 7.85. The van der Waals surface area contributed by atoms with Crippen LogP contribution in [0.5, 0.6) is 34.5 Å². The molecular weight excluding hydrogens is 688 g/mol. The summed E-state index contributed by atoms with van der Waals surface area (Å²) in [7, 11) is 2.60. The van der Waals surface area contributed by atoms with Crippen LogP contribution in [0.4, 0.5) is 0 Å². The molecule has 5 rings (SSSR count). The van der Waals surface area contributed by atoms with Crippen molar-refractivity contribution < 1.29 is 93.4 Å². The molecule has 0 aliphatic carbocycles. The minimum atomic E-state index is -1.88. The third-order valence-electron chi connectivity index (χ3n) is 8.39. The highest BCUT2D eigenvalue weighted by molar-refractivity contribution is 5.90. The van der Waals surface area contributed by atoms with Crippen LogP contribution in [0.2, 0.25) is 0 Å². The average molecular weight is 727 g/mol. The first kappa shape index (κ1) is 37.7. The molecule has 0 aromatic heterocycles. The van der Waals surface area contributed by atoms with E-state index in [1.54, 1.807) is 0 Å². The van der Waals surface area contributed by atoms with Crippen molar-refractivity contribution in [3.05, 3.63) is 41.2 Å². The summed E-state index contributed by atoms with van der Waals surface area (Å²) >= 11 is 0. The second kappa shape index (κ2) is 15.3. The van der Waals surface area contributed by atoms with Crippen molar-refractivity contribution in [2.45, 2.75) is 80.9 Å².